The molecule has 0 aromatic heterocycles. The number of phosphoric acid groups is 1. The number of nitrogens with one attached hydrogen (secondary N) is 1. The van der Waals surface area contributed by atoms with E-state index >= 15 is 0 Å². The second-order valence-electron chi connectivity index (χ2n) is 24.7. The molecule has 3 unspecified atom stereocenters. The average Bonchev–Trinajstić information content (AvgIpc) is 3.44. The molecule has 10 heteroatoms. The number of unbranched alkanes of at least 4 members (excludes halogenated alkanes) is 39. The van der Waals surface area contributed by atoms with Crippen LogP contribution in [-0.4, -0.2) is 74.3 Å². The van der Waals surface area contributed by atoms with Crippen LogP contribution in [0.25, 0.3) is 0 Å². The van der Waals surface area contributed by atoms with Gasteiger partial charge in [-0.1, -0.05) is 300 Å². The molecule has 0 aliphatic rings. The molecule has 0 rings (SSSR count). The van der Waals surface area contributed by atoms with Crippen molar-refractivity contribution >= 4 is 19.7 Å². The molecule has 0 spiro atoms. The summed E-state index contributed by atoms with van der Waals surface area (Å²) in [5.74, 6) is -0.496. The molecule has 0 aliphatic heterocycles. The van der Waals surface area contributed by atoms with Gasteiger partial charge in [-0.3, -0.25) is 18.6 Å². The molecule has 3 atom stereocenters. The van der Waals surface area contributed by atoms with Crippen molar-refractivity contribution in [3.05, 3.63) is 60.8 Å². The molecule has 474 valence electrons. The minimum Gasteiger partial charge on any atom is -0.456 e. The van der Waals surface area contributed by atoms with Crippen molar-refractivity contribution in [2.45, 2.75) is 341 Å². The van der Waals surface area contributed by atoms with E-state index in [2.05, 4.69) is 74.7 Å². The zero-order valence-electron chi connectivity index (χ0n) is 54.3. The number of carbonyl (C=O) groups excluding carboxylic acids is 2. The lowest BCUT2D eigenvalue weighted by Gasteiger charge is -2.27. The fraction of sp³-hybridized carbons (Fsp3) is 0.831. The van der Waals surface area contributed by atoms with Crippen LogP contribution in [0.3, 0.4) is 0 Å². The van der Waals surface area contributed by atoms with E-state index < -0.39 is 20.0 Å². The molecule has 0 aliphatic carbocycles. The second kappa shape index (κ2) is 60.8. The Bertz CT molecular complexity index is 1570. The number of phosphoric ester groups is 1. The van der Waals surface area contributed by atoms with Gasteiger partial charge in [-0.25, -0.2) is 4.57 Å². The molecule has 0 radical (unpaired) electrons. The summed E-state index contributed by atoms with van der Waals surface area (Å²) in [5, 5.41) is 3.07. The normalized spacial score (nSPS) is 13.9. The molecule has 0 saturated carbocycles. The van der Waals surface area contributed by atoms with Crippen LogP contribution in [0.1, 0.15) is 329 Å². The monoisotopic (exact) mass is 1160 g/mol. The first-order chi connectivity index (χ1) is 39.4. The molecule has 0 saturated heterocycles. The van der Waals surface area contributed by atoms with Gasteiger partial charge >= 0.3 is 13.8 Å². The fourth-order valence-corrected chi connectivity index (χ4v) is 10.8. The maximum atomic E-state index is 13.6. The third-order valence-corrected chi connectivity index (χ3v) is 16.4. The lowest BCUT2D eigenvalue weighted by atomic mass is 10.0. The van der Waals surface area contributed by atoms with E-state index in [0.717, 1.165) is 77.0 Å². The number of hydrogen-bond acceptors (Lipinski definition) is 6. The van der Waals surface area contributed by atoms with Crippen molar-refractivity contribution in [3.8, 4) is 0 Å². The highest BCUT2D eigenvalue weighted by Crippen LogP contribution is 2.43. The maximum absolute atomic E-state index is 13.6. The number of esters is 1. The van der Waals surface area contributed by atoms with E-state index in [4.69, 9.17) is 13.8 Å². The van der Waals surface area contributed by atoms with Crippen molar-refractivity contribution in [2.75, 3.05) is 40.9 Å². The quantitative estimate of drug-likeness (QED) is 0.0205. The third kappa shape index (κ3) is 62.1. The lowest BCUT2D eigenvalue weighted by Crippen LogP contribution is -2.47. The standard InChI is InChI=1S/C71H133N2O7P/c1-7-10-13-16-19-22-25-27-29-31-32-33-34-35-36-37-38-39-40-42-44-46-49-52-55-58-61-64-71(75)80-69(62-59-56-53-50-47-24-21-18-15-12-9-3)68(67-79-81(76,77)78-66-65-73(4,5)6)72-70(74)63-60-57-54-51-48-45-43-41-30-28-26-23-20-17-14-11-8-2/h19,22,27,29,32-33,35-36,59,62,68-69H,7-18,20-21,23-26,28,30-31,34,37-58,60-61,63-67H2,1-6H3,(H-,72,74,76,77)/p+1/b22-19-,29-27-,33-32-,36-35-,62-59+. The highest BCUT2D eigenvalue weighted by Gasteiger charge is 2.30. The van der Waals surface area contributed by atoms with Crippen LogP contribution in [0, 0.1) is 0 Å². The van der Waals surface area contributed by atoms with Crippen LogP contribution in [0.2, 0.25) is 0 Å². The highest BCUT2D eigenvalue weighted by atomic mass is 31.2. The van der Waals surface area contributed by atoms with Crippen molar-refractivity contribution in [3.63, 3.8) is 0 Å². The van der Waals surface area contributed by atoms with Crippen LogP contribution in [-0.2, 0) is 27.9 Å². The number of carbonyl (C=O) groups is 2. The summed E-state index contributed by atoms with van der Waals surface area (Å²) in [6.45, 7) is 7.02. The Balaban J connectivity index is 5.01. The number of quaternary nitrogens is 1. The Morgan fingerprint density at radius 2 is 0.753 bits per heavy atom. The number of allylic oxidation sites excluding steroid dienone is 9. The predicted octanol–water partition coefficient (Wildman–Crippen LogP) is 21.8. The first-order valence-corrected chi connectivity index (χ1v) is 36.1. The van der Waals surface area contributed by atoms with Gasteiger partial charge in [0.05, 0.1) is 33.8 Å². The summed E-state index contributed by atoms with van der Waals surface area (Å²) in [4.78, 5) is 37.8. The number of likely N-dealkylation sites (N-methyl/N-ethyl adjacent to an activating group) is 1. The summed E-state index contributed by atoms with van der Waals surface area (Å²) in [5.41, 5.74) is 0. The van der Waals surface area contributed by atoms with Gasteiger partial charge in [-0.05, 0) is 76.7 Å². The topological polar surface area (TPSA) is 111 Å². The molecular weight excluding hydrogens is 1020 g/mol. The Labute approximate surface area is 502 Å². The minimum atomic E-state index is -4.45. The van der Waals surface area contributed by atoms with E-state index in [1.54, 1.807) is 0 Å². The minimum absolute atomic E-state index is 0.0406. The van der Waals surface area contributed by atoms with Crippen molar-refractivity contribution < 1.29 is 37.3 Å². The zero-order chi connectivity index (χ0) is 59.3. The van der Waals surface area contributed by atoms with Gasteiger partial charge in [0, 0.05) is 12.8 Å². The zero-order valence-corrected chi connectivity index (χ0v) is 55.2. The molecule has 81 heavy (non-hydrogen) atoms. The highest BCUT2D eigenvalue weighted by molar-refractivity contribution is 7.47. The second-order valence-corrected chi connectivity index (χ2v) is 26.2. The van der Waals surface area contributed by atoms with Crippen LogP contribution in [0.15, 0.2) is 60.8 Å². The van der Waals surface area contributed by atoms with Crippen LogP contribution < -0.4 is 5.32 Å². The van der Waals surface area contributed by atoms with Crippen LogP contribution in [0.5, 0.6) is 0 Å². The molecule has 2 N–H and O–H groups in total. The largest absolute Gasteiger partial charge is 0.472 e. The summed E-state index contributed by atoms with van der Waals surface area (Å²) in [6.07, 6.45) is 78.0. The maximum Gasteiger partial charge on any atom is 0.472 e. The van der Waals surface area contributed by atoms with E-state index in [9.17, 15) is 19.0 Å². The molecule has 0 aromatic carbocycles. The predicted molar refractivity (Wildman–Crippen MR) is 351 cm³/mol. The molecule has 0 heterocycles. The van der Waals surface area contributed by atoms with Gasteiger partial charge in [0.1, 0.15) is 19.3 Å². The Hall–Kier alpha value is -2.29. The first-order valence-electron chi connectivity index (χ1n) is 34.6. The Kier molecular flexibility index (Phi) is 59.1. The first kappa shape index (κ1) is 78.7. The smallest absolute Gasteiger partial charge is 0.456 e. The number of rotatable bonds is 63. The Morgan fingerprint density at radius 1 is 0.432 bits per heavy atom. The molecular formula is C71H134N2O7P+. The van der Waals surface area contributed by atoms with Crippen molar-refractivity contribution in [1.29, 1.82) is 0 Å². The van der Waals surface area contributed by atoms with Crippen LogP contribution >= 0.6 is 7.82 Å². The summed E-state index contributed by atoms with van der Waals surface area (Å²) < 4.78 is 30.8. The van der Waals surface area contributed by atoms with Gasteiger partial charge in [0.25, 0.3) is 0 Å². The number of hydrogen-bond donors (Lipinski definition) is 2. The number of amides is 1. The number of ether oxygens (including phenoxy) is 1. The van der Waals surface area contributed by atoms with Gasteiger partial charge in [-0.2, -0.15) is 0 Å². The molecule has 9 nitrogen and oxygen atoms in total. The summed E-state index contributed by atoms with van der Waals surface area (Å²) in [6, 6.07) is -0.848. The van der Waals surface area contributed by atoms with E-state index in [1.165, 1.54) is 218 Å². The summed E-state index contributed by atoms with van der Waals surface area (Å²) in [7, 11) is 1.50. The van der Waals surface area contributed by atoms with Gasteiger partial charge < -0.3 is 19.4 Å². The van der Waals surface area contributed by atoms with E-state index in [0.29, 0.717) is 17.4 Å². The Morgan fingerprint density at radius 3 is 1.15 bits per heavy atom. The molecule has 1 amide bonds. The fourth-order valence-electron chi connectivity index (χ4n) is 10.1. The van der Waals surface area contributed by atoms with E-state index in [1.807, 2.05) is 33.3 Å². The van der Waals surface area contributed by atoms with Crippen molar-refractivity contribution in [2.24, 2.45) is 0 Å². The van der Waals surface area contributed by atoms with Gasteiger partial charge in [0.2, 0.25) is 5.91 Å². The lowest BCUT2D eigenvalue weighted by molar-refractivity contribution is -0.870. The van der Waals surface area contributed by atoms with Gasteiger partial charge in [0.15, 0.2) is 0 Å². The SMILES string of the molecule is CCCCC/C=C\C/C=C\C/C=C\C/C=C\CCCCCCCCCCCCCC(=O)OC(/C=C/CCCCCCCCCCC)C(COP(=O)(O)OCC[N+](C)(C)C)NC(=O)CCCCCCCCCCCCCCCCCCC. The third-order valence-electron chi connectivity index (χ3n) is 15.5. The van der Waals surface area contributed by atoms with Crippen molar-refractivity contribution in [1.82, 2.24) is 5.32 Å². The summed E-state index contributed by atoms with van der Waals surface area (Å²) >= 11 is 0. The number of nitrogens with zero attached hydrogens (tertiary/aromatic N) is 1. The molecule has 0 aromatic rings. The van der Waals surface area contributed by atoms with E-state index in [-0.39, 0.29) is 31.5 Å². The molecule has 0 fully saturated rings. The van der Waals surface area contributed by atoms with Gasteiger partial charge in [-0.15, -0.1) is 0 Å². The van der Waals surface area contributed by atoms with Crippen LogP contribution in [0.4, 0.5) is 0 Å². The average molecular weight is 1160 g/mol. The molecule has 0 bridgehead atoms.